The SMILES string of the molecule is CC(C)[C@H](NC(=O)OCc1ccccc1)C(=O)N[C@@H](CCCCNC(=O)OC(C)(C)C)C(=O)O. The Bertz CT molecular complexity index is 807. The van der Waals surface area contributed by atoms with E-state index in [-0.39, 0.29) is 18.9 Å². The van der Waals surface area contributed by atoms with Gasteiger partial charge in [-0.2, -0.15) is 0 Å². The van der Waals surface area contributed by atoms with Gasteiger partial charge in [0.25, 0.3) is 0 Å². The Morgan fingerprint density at radius 2 is 1.62 bits per heavy atom. The highest BCUT2D eigenvalue weighted by Crippen LogP contribution is 2.08. The first-order valence-corrected chi connectivity index (χ1v) is 11.4. The number of ether oxygens (including phenoxy) is 2. The summed E-state index contributed by atoms with van der Waals surface area (Å²) < 4.78 is 10.3. The van der Waals surface area contributed by atoms with Crippen molar-refractivity contribution < 1.29 is 33.8 Å². The minimum atomic E-state index is -1.18. The van der Waals surface area contributed by atoms with Crippen molar-refractivity contribution in [3.63, 3.8) is 0 Å². The number of carbonyl (C=O) groups is 4. The molecule has 1 rings (SSSR count). The van der Waals surface area contributed by atoms with E-state index >= 15 is 0 Å². The summed E-state index contributed by atoms with van der Waals surface area (Å²) in [6, 6.07) is 7.01. The molecule has 0 aliphatic heterocycles. The number of nitrogens with one attached hydrogen (secondary N) is 3. The Labute approximate surface area is 200 Å². The number of carbonyl (C=O) groups excluding carboxylic acids is 3. The highest BCUT2D eigenvalue weighted by atomic mass is 16.6. The molecule has 0 radical (unpaired) electrons. The van der Waals surface area contributed by atoms with Gasteiger partial charge in [0.05, 0.1) is 0 Å². The Hall–Kier alpha value is -3.30. The van der Waals surface area contributed by atoms with Crippen molar-refractivity contribution in [3.8, 4) is 0 Å². The molecule has 0 aromatic heterocycles. The summed E-state index contributed by atoms with van der Waals surface area (Å²) in [6.45, 7) is 9.12. The molecule has 0 aliphatic carbocycles. The van der Waals surface area contributed by atoms with Crippen molar-refractivity contribution in [2.75, 3.05) is 6.54 Å². The number of rotatable bonds is 12. The molecule has 0 aliphatic rings. The highest BCUT2D eigenvalue weighted by Gasteiger charge is 2.29. The topological polar surface area (TPSA) is 143 Å². The zero-order valence-electron chi connectivity index (χ0n) is 20.6. The summed E-state index contributed by atoms with van der Waals surface area (Å²) in [5.74, 6) is -2.08. The van der Waals surface area contributed by atoms with E-state index in [2.05, 4.69) is 16.0 Å². The van der Waals surface area contributed by atoms with Crippen LogP contribution in [0.25, 0.3) is 0 Å². The summed E-state index contributed by atoms with van der Waals surface area (Å²) in [5.41, 5.74) is 0.202. The molecule has 190 valence electrons. The molecule has 1 aromatic rings. The van der Waals surface area contributed by atoms with E-state index in [1.807, 2.05) is 18.2 Å². The summed E-state index contributed by atoms with van der Waals surface area (Å²) in [5, 5.41) is 17.1. The predicted molar refractivity (Wildman–Crippen MR) is 126 cm³/mol. The third-order valence-corrected chi connectivity index (χ3v) is 4.64. The maximum Gasteiger partial charge on any atom is 0.408 e. The van der Waals surface area contributed by atoms with Gasteiger partial charge in [-0.15, -0.1) is 0 Å². The van der Waals surface area contributed by atoms with Gasteiger partial charge in [-0.3, -0.25) is 4.79 Å². The number of hydrogen-bond acceptors (Lipinski definition) is 6. The van der Waals surface area contributed by atoms with Gasteiger partial charge in [0, 0.05) is 6.54 Å². The van der Waals surface area contributed by atoms with E-state index in [0.717, 1.165) is 5.56 Å². The Morgan fingerprint density at radius 1 is 0.971 bits per heavy atom. The fraction of sp³-hybridized carbons (Fsp3) is 0.583. The quantitative estimate of drug-likeness (QED) is 0.337. The van der Waals surface area contributed by atoms with E-state index in [1.54, 1.807) is 46.8 Å². The second-order valence-corrected chi connectivity index (χ2v) is 9.25. The van der Waals surface area contributed by atoms with Gasteiger partial charge in [0.15, 0.2) is 0 Å². The van der Waals surface area contributed by atoms with E-state index < -0.39 is 41.7 Å². The first-order chi connectivity index (χ1) is 15.9. The Balaban J connectivity index is 2.50. The zero-order valence-corrected chi connectivity index (χ0v) is 20.6. The van der Waals surface area contributed by atoms with Crippen LogP contribution in [0.15, 0.2) is 30.3 Å². The van der Waals surface area contributed by atoms with Crippen LogP contribution in [0.4, 0.5) is 9.59 Å². The average Bonchev–Trinajstić information content (AvgIpc) is 2.74. The standard InChI is InChI=1S/C24H37N3O7/c1-16(2)19(27-23(32)33-15-17-11-7-6-8-12-17)20(28)26-18(21(29)30)13-9-10-14-25-22(31)34-24(3,4)5/h6-8,11-12,16,18-19H,9-10,13-15H2,1-5H3,(H,25,31)(H,26,28)(H,27,32)(H,29,30)/t18-,19-/m0/s1. The van der Waals surface area contributed by atoms with E-state index in [0.29, 0.717) is 19.4 Å². The predicted octanol–water partition coefficient (Wildman–Crippen LogP) is 3.20. The average molecular weight is 480 g/mol. The number of benzene rings is 1. The summed E-state index contributed by atoms with van der Waals surface area (Å²) in [7, 11) is 0. The first kappa shape index (κ1) is 28.7. The molecular weight excluding hydrogens is 442 g/mol. The molecule has 34 heavy (non-hydrogen) atoms. The fourth-order valence-corrected chi connectivity index (χ4v) is 2.92. The Kier molecular flexibility index (Phi) is 11.9. The van der Waals surface area contributed by atoms with Gasteiger partial charge in [0.1, 0.15) is 24.3 Å². The molecule has 10 heteroatoms. The van der Waals surface area contributed by atoms with Crippen molar-refractivity contribution in [1.82, 2.24) is 16.0 Å². The molecule has 0 spiro atoms. The number of alkyl carbamates (subject to hydrolysis) is 2. The second kappa shape index (κ2) is 14.1. The van der Waals surface area contributed by atoms with Crippen molar-refractivity contribution in [1.29, 1.82) is 0 Å². The van der Waals surface area contributed by atoms with Crippen LogP contribution in [0, 0.1) is 5.92 Å². The van der Waals surface area contributed by atoms with E-state index in [4.69, 9.17) is 9.47 Å². The lowest BCUT2D eigenvalue weighted by atomic mass is 10.0. The molecular formula is C24H37N3O7. The Morgan fingerprint density at radius 3 is 2.18 bits per heavy atom. The molecule has 0 saturated carbocycles. The minimum Gasteiger partial charge on any atom is -0.480 e. The molecule has 3 amide bonds. The fourth-order valence-electron chi connectivity index (χ4n) is 2.92. The number of carboxylic acid groups (broad SMARTS) is 1. The van der Waals surface area contributed by atoms with Crippen LogP contribution in [-0.4, -0.2) is 53.4 Å². The maximum absolute atomic E-state index is 12.7. The zero-order chi connectivity index (χ0) is 25.7. The first-order valence-electron chi connectivity index (χ1n) is 11.4. The number of hydrogen-bond donors (Lipinski definition) is 4. The van der Waals surface area contributed by atoms with Gasteiger partial charge < -0.3 is 30.5 Å². The smallest absolute Gasteiger partial charge is 0.408 e. The highest BCUT2D eigenvalue weighted by molar-refractivity contribution is 5.89. The molecule has 2 atom stereocenters. The molecule has 0 bridgehead atoms. The van der Waals surface area contributed by atoms with Gasteiger partial charge in [-0.25, -0.2) is 14.4 Å². The van der Waals surface area contributed by atoms with Gasteiger partial charge in [-0.05, 0) is 51.5 Å². The van der Waals surface area contributed by atoms with Crippen LogP contribution >= 0.6 is 0 Å². The van der Waals surface area contributed by atoms with Crippen LogP contribution in [-0.2, 0) is 25.7 Å². The third-order valence-electron chi connectivity index (χ3n) is 4.64. The van der Waals surface area contributed by atoms with Crippen molar-refractivity contribution in [3.05, 3.63) is 35.9 Å². The van der Waals surface area contributed by atoms with Gasteiger partial charge >= 0.3 is 18.2 Å². The monoisotopic (exact) mass is 479 g/mol. The number of amides is 3. The lowest BCUT2D eigenvalue weighted by molar-refractivity contribution is -0.142. The van der Waals surface area contributed by atoms with Crippen molar-refractivity contribution in [2.24, 2.45) is 5.92 Å². The molecule has 0 saturated heterocycles. The maximum atomic E-state index is 12.7. The molecule has 0 unspecified atom stereocenters. The van der Waals surface area contributed by atoms with Crippen LogP contribution in [0.5, 0.6) is 0 Å². The van der Waals surface area contributed by atoms with Gasteiger partial charge in [0.2, 0.25) is 5.91 Å². The number of carboxylic acids is 1. The summed E-state index contributed by atoms with van der Waals surface area (Å²) >= 11 is 0. The van der Waals surface area contributed by atoms with Crippen LogP contribution in [0.2, 0.25) is 0 Å². The number of aliphatic carboxylic acids is 1. The molecule has 1 aromatic carbocycles. The van der Waals surface area contributed by atoms with Crippen LogP contribution in [0.3, 0.4) is 0 Å². The number of unbranched alkanes of at least 4 members (excludes halogenated alkanes) is 1. The van der Waals surface area contributed by atoms with Crippen LogP contribution in [0.1, 0.15) is 59.4 Å². The lowest BCUT2D eigenvalue weighted by Gasteiger charge is -2.24. The summed E-state index contributed by atoms with van der Waals surface area (Å²) in [6.07, 6.45) is -0.179. The van der Waals surface area contributed by atoms with Crippen molar-refractivity contribution in [2.45, 2.75) is 78.2 Å². The molecule has 0 fully saturated rings. The normalized spacial score (nSPS) is 12.9. The lowest BCUT2D eigenvalue weighted by Crippen LogP contribution is -2.53. The second-order valence-electron chi connectivity index (χ2n) is 9.25. The largest absolute Gasteiger partial charge is 0.480 e. The minimum absolute atomic E-state index is 0.0498. The van der Waals surface area contributed by atoms with E-state index in [9.17, 15) is 24.3 Å². The van der Waals surface area contributed by atoms with Crippen molar-refractivity contribution >= 4 is 24.1 Å². The van der Waals surface area contributed by atoms with Crippen LogP contribution < -0.4 is 16.0 Å². The summed E-state index contributed by atoms with van der Waals surface area (Å²) in [4.78, 5) is 48.1. The van der Waals surface area contributed by atoms with E-state index in [1.165, 1.54) is 0 Å². The molecule has 10 nitrogen and oxygen atoms in total. The molecule has 4 N–H and O–H groups in total. The third kappa shape index (κ3) is 12.1. The van der Waals surface area contributed by atoms with Gasteiger partial charge in [-0.1, -0.05) is 44.2 Å². The molecule has 0 heterocycles.